The quantitative estimate of drug-likeness (QED) is 0.752. The molecule has 0 heterocycles. The van der Waals surface area contributed by atoms with Crippen molar-refractivity contribution in [1.82, 2.24) is 0 Å². The number of phenols is 1. The average Bonchev–Trinajstić information content (AvgIpc) is 2.08. The fourth-order valence-electron chi connectivity index (χ4n) is 0.867. The third-order valence-electron chi connectivity index (χ3n) is 1.61. The van der Waals surface area contributed by atoms with Crippen LogP contribution in [-0.2, 0) is 0 Å². The van der Waals surface area contributed by atoms with Crippen molar-refractivity contribution in [1.29, 1.82) is 0 Å². The minimum absolute atomic E-state index is 0. The highest BCUT2D eigenvalue weighted by Gasteiger charge is 2.03. The van der Waals surface area contributed by atoms with Crippen molar-refractivity contribution in [2.45, 2.75) is 6.04 Å². The lowest BCUT2D eigenvalue weighted by molar-refractivity contribution is 0.475. The number of halogens is 2. The van der Waals surface area contributed by atoms with Crippen LogP contribution < -0.4 is 5.73 Å². The summed E-state index contributed by atoms with van der Waals surface area (Å²) in [4.78, 5) is 0. The van der Waals surface area contributed by atoms with E-state index in [0.29, 0.717) is 5.02 Å². The van der Waals surface area contributed by atoms with E-state index in [9.17, 15) is 0 Å². The first-order chi connectivity index (χ1) is 5.65. The van der Waals surface area contributed by atoms with Crippen molar-refractivity contribution in [3.63, 3.8) is 0 Å². The standard InChI is InChI=1S/C9H10ClNO.ClH/c1-2-8(11)6-3-4-9(12)7(10)5-6;/h2-5,8,12H,1,11H2;1H/t8-;/m1./s1. The Morgan fingerprint density at radius 2 is 2.15 bits per heavy atom. The van der Waals surface area contributed by atoms with Gasteiger partial charge < -0.3 is 10.8 Å². The first-order valence-electron chi connectivity index (χ1n) is 3.51. The van der Waals surface area contributed by atoms with E-state index < -0.39 is 0 Å². The third kappa shape index (κ3) is 2.92. The van der Waals surface area contributed by atoms with Crippen molar-refractivity contribution in [3.8, 4) is 5.75 Å². The van der Waals surface area contributed by atoms with E-state index in [4.69, 9.17) is 22.4 Å². The Bertz CT molecular complexity index is 302. The van der Waals surface area contributed by atoms with Gasteiger partial charge in [-0.25, -0.2) is 0 Å². The normalized spacial score (nSPS) is 11.5. The van der Waals surface area contributed by atoms with Gasteiger partial charge in [0.15, 0.2) is 0 Å². The minimum atomic E-state index is -0.233. The van der Waals surface area contributed by atoms with Crippen LogP contribution in [0, 0.1) is 0 Å². The summed E-state index contributed by atoms with van der Waals surface area (Å²) in [7, 11) is 0. The Hall–Kier alpha value is -0.700. The Labute approximate surface area is 88.4 Å². The molecule has 0 aliphatic heterocycles. The van der Waals surface area contributed by atoms with Crippen molar-refractivity contribution in [2.75, 3.05) is 0 Å². The molecule has 0 bridgehead atoms. The van der Waals surface area contributed by atoms with Gasteiger partial charge in [0, 0.05) is 6.04 Å². The molecule has 0 aromatic heterocycles. The van der Waals surface area contributed by atoms with E-state index in [1.807, 2.05) is 0 Å². The van der Waals surface area contributed by atoms with Crippen molar-refractivity contribution in [2.24, 2.45) is 5.73 Å². The van der Waals surface area contributed by atoms with Gasteiger partial charge in [-0.15, -0.1) is 19.0 Å². The summed E-state index contributed by atoms with van der Waals surface area (Å²) in [6, 6.07) is 4.63. The predicted molar refractivity (Wildman–Crippen MR) is 57.5 cm³/mol. The zero-order valence-electron chi connectivity index (χ0n) is 6.90. The third-order valence-corrected chi connectivity index (χ3v) is 1.91. The van der Waals surface area contributed by atoms with Gasteiger partial charge >= 0.3 is 0 Å². The maximum absolute atomic E-state index is 9.10. The molecule has 2 nitrogen and oxygen atoms in total. The van der Waals surface area contributed by atoms with Gasteiger partial charge in [0.2, 0.25) is 0 Å². The summed E-state index contributed by atoms with van der Waals surface area (Å²) in [6.07, 6.45) is 1.61. The van der Waals surface area contributed by atoms with E-state index in [2.05, 4.69) is 6.58 Å². The summed E-state index contributed by atoms with van der Waals surface area (Å²) < 4.78 is 0. The summed E-state index contributed by atoms with van der Waals surface area (Å²) in [5, 5.41) is 9.41. The van der Waals surface area contributed by atoms with Crippen LogP contribution in [-0.4, -0.2) is 5.11 Å². The lowest BCUT2D eigenvalue weighted by Crippen LogP contribution is -2.05. The van der Waals surface area contributed by atoms with Gasteiger partial charge in [0.1, 0.15) is 5.75 Å². The van der Waals surface area contributed by atoms with Gasteiger partial charge in [-0.1, -0.05) is 23.7 Å². The van der Waals surface area contributed by atoms with Crippen molar-refractivity contribution < 1.29 is 5.11 Å². The lowest BCUT2D eigenvalue weighted by atomic mass is 10.1. The largest absolute Gasteiger partial charge is 0.506 e. The molecule has 0 saturated heterocycles. The number of hydrogen-bond acceptors (Lipinski definition) is 2. The molecule has 0 aliphatic rings. The van der Waals surface area contributed by atoms with Crippen LogP contribution in [0.2, 0.25) is 5.02 Å². The van der Waals surface area contributed by atoms with Crippen LogP contribution in [0.4, 0.5) is 0 Å². The van der Waals surface area contributed by atoms with Gasteiger partial charge in [0.25, 0.3) is 0 Å². The molecule has 0 radical (unpaired) electrons. The number of phenolic OH excluding ortho intramolecular Hbond substituents is 1. The second kappa shape index (κ2) is 5.12. The van der Waals surface area contributed by atoms with Gasteiger partial charge in [-0.3, -0.25) is 0 Å². The molecular weight excluding hydrogens is 209 g/mol. The number of nitrogens with two attached hydrogens (primary N) is 1. The van der Waals surface area contributed by atoms with Gasteiger partial charge in [-0.2, -0.15) is 0 Å². The molecule has 13 heavy (non-hydrogen) atoms. The monoisotopic (exact) mass is 219 g/mol. The molecule has 0 saturated carbocycles. The molecule has 0 fully saturated rings. The van der Waals surface area contributed by atoms with Crippen LogP contribution in [0.25, 0.3) is 0 Å². The first-order valence-corrected chi connectivity index (χ1v) is 3.89. The molecule has 1 aromatic carbocycles. The Kier molecular flexibility index (Phi) is 4.85. The zero-order valence-corrected chi connectivity index (χ0v) is 8.48. The summed E-state index contributed by atoms with van der Waals surface area (Å²) in [5.74, 6) is 0.0664. The second-order valence-corrected chi connectivity index (χ2v) is 2.88. The number of benzene rings is 1. The maximum atomic E-state index is 9.10. The molecule has 1 atom stereocenters. The van der Waals surface area contributed by atoms with Crippen LogP contribution in [0.5, 0.6) is 5.75 Å². The first kappa shape index (κ1) is 12.3. The smallest absolute Gasteiger partial charge is 0.134 e. The van der Waals surface area contributed by atoms with E-state index >= 15 is 0 Å². The Morgan fingerprint density at radius 3 is 2.62 bits per heavy atom. The molecular formula is C9H11Cl2NO. The lowest BCUT2D eigenvalue weighted by Gasteiger charge is -2.06. The Morgan fingerprint density at radius 1 is 1.54 bits per heavy atom. The van der Waals surface area contributed by atoms with Crippen molar-refractivity contribution >= 4 is 24.0 Å². The van der Waals surface area contributed by atoms with Crippen LogP contribution in [0.1, 0.15) is 11.6 Å². The van der Waals surface area contributed by atoms with E-state index in [0.717, 1.165) is 5.56 Å². The zero-order chi connectivity index (χ0) is 9.14. The van der Waals surface area contributed by atoms with Gasteiger partial charge in [-0.05, 0) is 17.7 Å². The highest BCUT2D eigenvalue weighted by atomic mass is 35.5. The molecule has 0 spiro atoms. The van der Waals surface area contributed by atoms with Crippen LogP contribution in [0.3, 0.4) is 0 Å². The second-order valence-electron chi connectivity index (χ2n) is 2.47. The number of aromatic hydroxyl groups is 1. The Balaban J connectivity index is 0.00000144. The molecule has 0 aliphatic carbocycles. The van der Waals surface area contributed by atoms with Crippen molar-refractivity contribution in [3.05, 3.63) is 41.4 Å². The topological polar surface area (TPSA) is 46.2 Å². The van der Waals surface area contributed by atoms with Crippen LogP contribution >= 0.6 is 24.0 Å². The van der Waals surface area contributed by atoms with Gasteiger partial charge in [0.05, 0.1) is 5.02 Å². The van der Waals surface area contributed by atoms with E-state index in [-0.39, 0.29) is 24.2 Å². The molecule has 1 rings (SSSR count). The minimum Gasteiger partial charge on any atom is -0.506 e. The maximum Gasteiger partial charge on any atom is 0.134 e. The molecule has 3 N–H and O–H groups in total. The summed E-state index contributed by atoms with van der Waals surface area (Å²) in [6.45, 7) is 3.56. The average molecular weight is 220 g/mol. The van der Waals surface area contributed by atoms with E-state index in [1.165, 1.54) is 6.07 Å². The number of rotatable bonds is 2. The molecule has 0 unspecified atom stereocenters. The fraction of sp³-hybridized carbons (Fsp3) is 0.111. The molecule has 0 amide bonds. The van der Waals surface area contributed by atoms with Crippen LogP contribution in [0.15, 0.2) is 30.9 Å². The summed E-state index contributed by atoms with van der Waals surface area (Å²) in [5.41, 5.74) is 6.50. The molecule has 1 aromatic rings. The SMILES string of the molecule is C=C[C@@H](N)c1ccc(O)c(Cl)c1.Cl. The summed E-state index contributed by atoms with van der Waals surface area (Å²) >= 11 is 5.68. The predicted octanol–water partition coefficient (Wildman–Crippen LogP) is 2.65. The highest BCUT2D eigenvalue weighted by molar-refractivity contribution is 6.32. The fourth-order valence-corrected chi connectivity index (χ4v) is 1.06. The number of hydrogen-bond donors (Lipinski definition) is 2. The molecule has 4 heteroatoms. The highest BCUT2D eigenvalue weighted by Crippen LogP contribution is 2.25. The van der Waals surface area contributed by atoms with E-state index in [1.54, 1.807) is 18.2 Å². The molecule has 72 valence electrons.